The predicted octanol–water partition coefficient (Wildman–Crippen LogP) is 3.22. The fraction of sp³-hybridized carbons (Fsp3) is 0.278. The number of benzene rings is 2. The maximum Gasteiger partial charge on any atom is 0.224 e. The van der Waals surface area contributed by atoms with E-state index in [4.69, 9.17) is 25.8 Å². The van der Waals surface area contributed by atoms with Crippen molar-refractivity contribution < 1.29 is 19.0 Å². The van der Waals surface area contributed by atoms with Crippen LogP contribution in [0.2, 0.25) is 5.02 Å². The van der Waals surface area contributed by atoms with Crippen molar-refractivity contribution in [3.05, 3.63) is 52.5 Å². The summed E-state index contributed by atoms with van der Waals surface area (Å²) >= 11 is 5.93. The van der Waals surface area contributed by atoms with Crippen molar-refractivity contribution in [1.82, 2.24) is 5.32 Å². The molecule has 1 amide bonds. The number of carbonyl (C=O) groups excluding carboxylic acids is 1. The Bertz CT molecular complexity index is 718. The first-order chi connectivity index (χ1) is 11.6. The molecule has 24 heavy (non-hydrogen) atoms. The molecule has 0 radical (unpaired) electrons. The number of methoxy groups -OCH3 is 3. The molecule has 2 aromatic carbocycles. The second-order valence-corrected chi connectivity index (χ2v) is 5.51. The summed E-state index contributed by atoms with van der Waals surface area (Å²) in [5.74, 6) is 1.51. The predicted molar refractivity (Wildman–Crippen MR) is 93.1 cm³/mol. The normalized spacial score (nSPS) is 10.2. The lowest BCUT2D eigenvalue weighted by Crippen LogP contribution is -2.24. The molecule has 0 aromatic heterocycles. The highest BCUT2D eigenvalue weighted by Crippen LogP contribution is 2.39. The summed E-state index contributed by atoms with van der Waals surface area (Å²) in [5.41, 5.74) is 1.66. The van der Waals surface area contributed by atoms with Gasteiger partial charge in [0, 0.05) is 17.1 Å². The number of nitrogens with one attached hydrogen (secondary N) is 1. The Morgan fingerprint density at radius 3 is 2.42 bits per heavy atom. The number of amides is 1. The monoisotopic (exact) mass is 349 g/mol. The van der Waals surface area contributed by atoms with Crippen LogP contribution >= 0.6 is 11.6 Å². The Balaban J connectivity index is 2.07. The van der Waals surface area contributed by atoms with Gasteiger partial charge in [0.05, 0.1) is 27.8 Å². The van der Waals surface area contributed by atoms with Crippen molar-refractivity contribution >= 4 is 17.5 Å². The van der Waals surface area contributed by atoms with Crippen LogP contribution in [0.1, 0.15) is 11.1 Å². The summed E-state index contributed by atoms with van der Waals surface area (Å²) in [6.45, 7) is 0.322. The van der Waals surface area contributed by atoms with Crippen LogP contribution < -0.4 is 19.5 Å². The number of carbonyl (C=O) groups is 1. The Morgan fingerprint density at radius 2 is 1.79 bits per heavy atom. The van der Waals surface area contributed by atoms with Crippen LogP contribution in [0.3, 0.4) is 0 Å². The summed E-state index contributed by atoms with van der Waals surface area (Å²) in [7, 11) is 4.65. The molecular formula is C18H20ClNO4. The molecule has 0 spiro atoms. The Morgan fingerprint density at radius 1 is 1.04 bits per heavy atom. The third-order valence-electron chi connectivity index (χ3n) is 3.52. The van der Waals surface area contributed by atoms with Gasteiger partial charge >= 0.3 is 0 Å². The lowest BCUT2D eigenvalue weighted by atomic mass is 10.1. The standard InChI is InChI=1S/C18H20ClNO4/c1-22-15-8-7-13(17(23-2)18(15)24-3)11-20-16(21)10-12-5-4-6-14(19)9-12/h4-9H,10-11H2,1-3H3,(H,20,21). The lowest BCUT2D eigenvalue weighted by molar-refractivity contribution is -0.120. The average molecular weight is 350 g/mol. The summed E-state index contributed by atoms with van der Waals surface area (Å²) < 4.78 is 16.0. The van der Waals surface area contributed by atoms with Gasteiger partial charge in [-0.2, -0.15) is 0 Å². The fourth-order valence-corrected chi connectivity index (χ4v) is 2.60. The van der Waals surface area contributed by atoms with Crippen LogP contribution in [0.5, 0.6) is 17.2 Å². The van der Waals surface area contributed by atoms with Gasteiger partial charge in [0.15, 0.2) is 11.5 Å². The zero-order valence-corrected chi connectivity index (χ0v) is 14.6. The van der Waals surface area contributed by atoms with E-state index in [9.17, 15) is 4.79 Å². The Kier molecular flexibility index (Phi) is 6.32. The van der Waals surface area contributed by atoms with Crippen LogP contribution in [0.4, 0.5) is 0 Å². The molecule has 0 saturated heterocycles. The number of ether oxygens (including phenoxy) is 3. The maximum absolute atomic E-state index is 12.1. The van der Waals surface area contributed by atoms with Crippen LogP contribution in [0.25, 0.3) is 0 Å². The van der Waals surface area contributed by atoms with Crippen molar-refractivity contribution in [3.8, 4) is 17.2 Å². The van der Waals surface area contributed by atoms with Gasteiger partial charge in [-0.05, 0) is 29.8 Å². The van der Waals surface area contributed by atoms with E-state index in [-0.39, 0.29) is 12.3 Å². The van der Waals surface area contributed by atoms with Crippen molar-refractivity contribution in [2.45, 2.75) is 13.0 Å². The molecule has 0 unspecified atom stereocenters. The minimum Gasteiger partial charge on any atom is -0.493 e. The first kappa shape index (κ1) is 17.9. The van der Waals surface area contributed by atoms with Gasteiger partial charge in [0.2, 0.25) is 11.7 Å². The zero-order valence-electron chi connectivity index (χ0n) is 13.9. The van der Waals surface area contributed by atoms with Crippen molar-refractivity contribution in [1.29, 1.82) is 0 Å². The van der Waals surface area contributed by atoms with E-state index >= 15 is 0 Å². The van der Waals surface area contributed by atoms with Crippen LogP contribution in [-0.2, 0) is 17.8 Å². The third-order valence-corrected chi connectivity index (χ3v) is 3.75. The molecule has 0 saturated carbocycles. The van der Waals surface area contributed by atoms with Gasteiger partial charge in [-0.25, -0.2) is 0 Å². The largest absolute Gasteiger partial charge is 0.493 e. The van der Waals surface area contributed by atoms with Crippen molar-refractivity contribution in [2.24, 2.45) is 0 Å². The van der Waals surface area contributed by atoms with E-state index in [1.165, 1.54) is 0 Å². The van der Waals surface area contributed by atoms with Gasteiger partial charge in [-0.1, -0.05) is 23.7 Å². The average Bonchev–Trinajstić information content (AvgIpc) is 2.58. The first-order valence-electron chi connectivity index (χ1n) is 7.38. The molecule has 0 heterocycles. The number of halogens is 1. The van der Waals surface area contributed by atoms with Crippen molar-refractivity contribution in [2.75, 3.05) is 21.3 Å². The molecule has 2 rings (SSSR count). The molecule has 5 nitrogen and oxygen atoms in total. The molecule has 0 bridgehead atoms. The Hall–Kier alpha value is -2.40. The molecule has 1 N–H and O–H groups in total. The molecule has 0 fully saturated rings. The van der Waals surface area contributed by atoms with Gasteiger partial charge in [-0.3, -0.25) is 4.79 Å². The number of hydrogen-bond donors (Lipinski definition) is 1. The van der Waals surface area contributed by atoms with Gasteiger partial charge in [0.1, 0.15) is 0 Å². The quantitative estimate of drug-likeness (QED) is 0.833. The van der Waals surface area contributed by atoms with Crippen LogP contribution in [0.15, 0.2) is 36.4 Å². The van der Waals surface area contributed by atoms with E-state index in [0.717, 1.165) is 11.1 Å². The second-order valence-electron chi connectivity index (χ2n) is 5.08. The molecular weight excluding hydrogens is 330 g/mol. The lowest BCUT2D eigenvalue weighted by Gasteiger charge is -2.16. The molecule has 128 valence electrons. The van der Waals surface area contributed by atoms with Crippen molar-refractivity contribution in [3.63, 3.8) is 0 Å². The molecule has 0 aliphatic heterocycles. The highest BCUT2D eigenvalue weighted by atomic mass is 35.5. The van der Waals surface area contributed by atoms with E-state index < -0.39 is 0 Å². The van der Waals surface area contributed by atoms with E-state index in [0.29, 0.717) is 28.8 Å². The highest BCUT2D eigenvalue weighted by molar-refractivity contribution is 6.30. The van der Waals surface area contributed by atoms with Gasteiger partial charge < -0.3 is 19.5 Å². The van der Waals surface area contributed by atoms with Gasteiger partial charge in [0.25, 0.3) is 0 Å². The van der Waals surface area contributed by atoms with Crippen LogP contribution in [-0.4, -0.2) is 27.2 Å². The summed E-state index contributed by atoms with van der Waals surface area (Å²) in [4.78, 5) is 12.1. The first-order valence-corrected chi connectivity index (χ1v) is 7.75. The minimum absolute atomic E-state index is 0.103. The summed E-state index contributed by atoms with van der Waals surface area (Å²) in [6, 6.07) is 10.8. The molecule has 0 atom stereocenters. The van der Waals surface area contributed by atoms with E-state index in [2.05, 4.69) is 5.32 Å². The number of hydrogen-bond acceptors (Lipinski definition) is 4. The summed E-state index contributed by atoms with van der Waals surface area (Å²) in [6.07, 6.45) is 0.260. The topological polar surface area (TPSA) is 56.8 Å². The molecule has 0 aliphatic rings. The smallest absolute Gasteiger partial charge is 0.224 e. The SMILES string of the molecule is COc1ccc(CNC(=O)Cc2cccc(Cl)c2)c(OC)c1OC. The second kappa shape index (κ2) is 8.45. The minimum atomic E-state index is -0.103. The third kappa shape index (κ3) is 4.32. The summed E-state index contributed by atoms with van der Waals surface area (Å²) in [5, 5.41) is 3.48. The molecule has 2 aromatic rings. The Labute approximate surface area is 146 Å². The maximum atomic E-state index is 12.1. The number of rotatable bonds is 7. The fourth-order valence-electron chi connectivity index (χ4n) is 2.39. The van der Waals surface area contributed by atoms with E-state index in [1.807, 2.05) is 18.2 Å². The van der Waals surface area contributed by atoms with Gasteiger partial charge in [-0.15, -0.1) is 0 Å². The molecule has 0 aliphatic carbocycles. The van der Waals surface area contributed by atoms with Crippen LogP contribution in [0, 0.1) is 0 Å². The highest BCUT2D eigenvalue weighted by Gasteiger charge is 2.16. The zero-order chi connectivity index (χ0) is 17.5. The molecule has 6 heteroatoms. The van der Waals surface area contributed by atoms with E-state index in [1.54, 1.807) is 39.5 Å².